The van der Waals surface area contributed by atoms with E-state index in [9.17, 15) is 10.2 Å². The summed E-state index contributed by atoms with van der Waals surface area (Å²) < 4.78 is 1.88. The van der Waals surface area contributed by atoms with E-state index in [0.717, 1.165) is 11.3 Å². The van der Waals surface area contributed by atoms with Gasteiger partial charge in [0, 0.05) is 18.7 Å². The van der Waals surface area contributed by atoms with Gasteiger partial charge in [0.2, 0.25) is 0 Å². The van der Waals surface area contributed by atoms with Gasteiger partial charge in [-0.3, -0.25) is 4.68 Å². The molecular formula is C15H20N2O2. The third-order valence-corrected chi connectivity index (χ3v) is 3.21. The normalized spacial score (nSPS) is 14.6. The predicted octanol–water partition coefficient (Wildman–Crippen LogP) is 2.62. The highest BCUT2D eigenvalue weighted by atomic mass is 16.3. The Hall–Kier alpha value is -1.81. The molecule has 0 fully saturated rings. The molecule has 1 heterocycles. The Morgan fingerprint density at radius 1 is 1.21 bits per heavy atom. The molecule has 0 aliphatic rings. The summed E-state index contributed by atoms with van der Waals surface area (Å²) in [5.74, 6) is 0.198. The monoisotopic (exact) mass is 260 g/mol. The van der Waals surface area contributed by atoms with Crippen LogP contribution < -0.4 is 0 Å². The second kappa shape index (κ2) is 5.05. The molecule has 0 bridgehead atoms. The standard InChI is InChI=1S/C15H20N2O2/c1-11(2)17-9-8-13(16-17)10-15(3,19)12-4-6-14(18)7-5-12/h4-9,11,18-19H,10H2,1-3H3. The lowest BCUT2D eigenvalue weighted by Gasteiger charge is -2.23. The summed E-state index contributed by atoms with van der Waals surface area (Å²) in [6.45, 7) is 5.89. The number of aromatic nitrogens is 2. The van der Waals surface area contributed by atoms with Gasteiger partial charge >= 0.3 is 0 Å². The first kappa shape index (κ1) is 13.6. The predicted molar refractivity (Wildman–Crippen MR) is 74.0 cm³/mol. The van der Waals surface area contributed by atoms with Crippen LogP contribution in [0.3, 0.4) is 0 Å². The quantitative estimate of drug-likeness (QED) is 0.888. The number of aliphatic hydroxyl groups is 1. The topological polar surface area (TPSA) is 58.3 Å². The number of phenolic OH excluding ortho intramolecular Hbond substituents is 1. The molecule has 0 amide bonds. The van der Waals surface area contributed by atoms with Crippen molar-refractivity contribution in [1.29, 1.82) is 0 Å². The summed E-state index contributed by atoms with van der Waals surface area (Å²) in [6.07, 6.45) is 2.37. The zero-order chi connectivity index (χ0) is 14.0. The molecule has 4 heteroatoms. The number of hydrogen-bond acceptors (Lipinski definition) is 3. The van der Waals surface area contributed by atoms with Crippen LogP contribution in [0.5, 0.6) is 5.75 Å². The van der Waals surface area contributed by atoms with Crippen LogP contribution in [-0.4, -0.2) is 20.0 Å². The Bertz CT molecular complexity index is 542. The molecule has 1 atom stereocenters. The van der Waals surface area contributed by atoms with Gasteiger partial charge in [0.25, 0.3) is 0 Å². The molecule has 0 saturated heterocycles. The van der Waals surface area contributed by atoms with Gasteiger partial charge in [0.05, 0.1) is 11.3 Å². The van der Waals surface area contributed by atoms with Crippen LogP contribution >= 0.6 is 0 Å². The lowest BCUT2D eigenvalue weighted by Crippen LogP contribution is -2.24. The van der Waals surface area contributed by atoms with Crippen LogP contribution in [0, 0.1) is 0 Å². The first-order valence-corrected chi connectivity index (χ1v) is 6.44. The Labute approximate surface area is 113 Å². The van der Waals surface area contributed by atoms with Crippen molar-refractivity contribution in [2.24, 2.45) is 0 Å². The van der Waals surface area contributed by atoms with E-state index in [1.54, 1.807) is 31.2 Å². The van der Waals surface area contributed by atoms with Crippen LogP contribution in [0.2, 0.25) is 0 Å². The van der Waals surface area contributed by atoms with E-state index in [4.69, 9.17) is 0 Å². The lowest BCUT2D eigenvalue weighted by atomic mass is 9.91. The van der Waals surface area contributed by atoms with Crippen molar-refractivity contribution < 1.29 is 10.2 Å². The maximum absolute atomic E-state index is 10.5. The summed E-state index contributed by atoms with van der Waals surface area (Å²) in [7, 11) is 0. The van der Waals surface area contributed by atoms with Crippen LogP contribution in [0.4, 0.5) is 0 Å². The van der Waals surface area contributed by atoms with Crippen molar-refractivity contribution in [3.8, 4) is 5.75 Å². The minimum absolute atomic E-state index is 0.198. The number of nitrogens with zero attached hydrogens (tertiary/aromatic N) is 2. The molecule has 1 aromatic carbocycles. The van der Waals surface area contributed by atoms with Crippen molar-refractivity contribution in [2.45, 2.75) is 38.8 Å². The Morgan fingerprint density at radius 2 is 1.84 bits per heavy atom. The van der Waals surface area contributed by atoms with Crippen molar-refractivity contribution in [3.63, 3.8) is 0 Å². The summed E-state index contributed by atoms with van der Waals surface area (Å²) in [5.41, 5.74) is 0.625. The molecule has 1 aromatic heterocycles. The average molecular weight is 260 g/mol. The summed E-state index contributed by atoms with van der Waals surface area (Å²) >= 11 is 0. The third-order valence-electron chi connectivity index (χ3n) is 3.21. The fourth-order valence-electron chi connectivity index (χ4n) is 2.03. The Balaban J connectivity index is 2.17. The smallest absolute Gasteiger partial charge is 0.115 e. The van der Waals surface area contributed by atoms with Crippen molar-refractivity contribution >= 4 is 0 Å². The van der Waals surface area contributed by atoms with Gasteiger partial charge < -0.3 is 10.2 Å². The molecule has 4 nitrogen and oxygen atoms in total. The number of aromatic hydroxyl groups is 1. The molecule has 0 aliphatic heterocycles. The van der Waals surface area contributed by atoms with Gasteiger partial charge in [-0.2, -0.15) is 5.10 Å². The first-order chi connectivity index (χ1) is 8.88. The van der Waals surface area contributed by atoms with Gasteiger partial charge in [-0.05, 0) is 44.5 Å². The Morgan fingerprint density at radius 3 is 2.37 bits per heavy atom. The molecule has 1 unspecified atom stereocenters. The van der Waals surface area contributed by atoms with Crippen molar-refractivity contribution in [3.05, 3.63) is 47.8 Å². The molecule has 0 saturated carbocycles. The molecule has 0 radical (unpaired) electrons. The first-order valence-electron chi connectivity index (χ1n) is 6.44. The van der Waals surface area contributed by atoms with Crippen molar-refractivity contribution in [2.75, 3.05) is 0 Å². The zero-order valence-corrected chi connectivity index (χ0v) is 11.5. The van der Waals surface area contributed by atoms with E-state index in [1.165, 1.54) is 0 Å². The Kier molecular flexibility index (Phi) is 3.62. The number of rotatable bonds is 4. The molecule has 0 aliphatic carbocycles. The van der Waals surface area contributed by atoms with Crippen LogP contribution in [0.15, 0.2) is 36.5 Å². The van der Waals surface area contributed by atoms with E-state index >= 15 is 0 Å². The van der Waals surface area contributed by atoms with Crippen LogP contribution in [0.25, 0.3) is 0 Å². The van der Waals surface area contributed by atoms with Crippen LogP contribution in [0.1, 0.15) is 38.1 Å². The van der Waals surface area contributed by atoms with Gasteiger partial charge in [-0.1, -0.05) is 12.1 Å². The molecule has 0 spiro atoms. The van der Waals surface area contributed by atoms with Crippen molar-refractivity contribution in [1.82, 2.24) is 9.78 Å². The SMILES string of the molecule is CC(C)n1ccc(CC(C)(O)c2ccc(O)cc2)n1. The van der Waals surface area contributed by atoms with E-state index in [1.807, 2.05) is 16.9 Å². The highest BCUT2D eigenvalue weighted by Crippen LogP contribution is 2.26. The lowest BCUT2D eigenvalue weighted by molar-refractivity contribution is 0.0563. The molecule has 2 rings (SSSR count). The van der Waals surface area contributed by atoms with E-state index < -0.39 is 5.60 Å². The van der Waals surface area contributed by atoms with Gasteiger partial charge in [0.1, 0.15) is 5.75 Å². The highest BCUT2D eigenvalue weighted by Gasteiger charge is 2.24. The fraction of sp³-hybridized carbons (Fsp3) is 0.400. The van der Waals surface area contributed by atoms with Gasteiger partial charge in [-0.25, -0.2) is 0 Å². The van der Waals surface area contributed by atoms with Gasteiger partial charge in [-0.15, -0.1) is 0 Å². The van der Waals surface area contributed by atoms with E-state index in [0.29, 0.717) is 12.5 Å². The maximum Gasteiger partial charge on any atom is 0.115 e. The second-order valence-electron chi connectivity index (χ2n) is 5.38. The minimum atomic E-state index is -0.996. The fourth-order valence-corrected chi connectivity index (χ4v) is 2.03. The molecule has 2 N–H and O–H groups in total. The maximum atomic E-state index is 10.5. The zero-order valence-electron chi connectivity index (χ0n) is 11.5. The second-order valence-corrected chi connectivity index (χ2v) is 5.38. The van der Waals surface area contributed by atoms with E-state index in [2.05, 4.69) is 18.9 Å². The van der Waals surface area contributed by atoms with Crippen LogP contribution in [-0.2, 0) is 12.0 Å². The summed E-state index contributed by atoms with van der Waals surface area (Å²) in [5, 5.41) is 24.3. The minimum Gasteiger partial charge on any atom is -0.508 e. The average Bonchev–Trinajstić information content (AvgIpc) is 2.77. The number of hydrogen-bond donors (Lipinski definition) is 2. The molecule has 2 aromatic rings. The summed E-state index contributed by atoms with van der Waals surface area (Å²) in [6, 6.07) is 8.86. The third kappa shape index (κ3) is 3.15. The van der Waals surface area contributed by atoms with E-state index in [-0.39, 0.29) is 5.75 Å². The highest BCUT2D eigenvalue weighted by molar-refractivity contribution is 5.30. The molecule has 102 valence electrons. The van der Waals surface area contributed by atoms with Gasteiger partial charge in [0.15, 0.2) is 0 Å². The molecule has 19 heavy (non-hydrogen) atoms. The summed E-state index contributed by atoms with van der Waals surface area (Å²) in [4.78, 5) is 0. The number of benzene rings is 1. The number of phenols is 1. The largest absolute Gasteiger partial charge is 0.508 e. The molecular weight excluding hydrogens is 240 g/mol.